The predicted octanol–water partition coefficient (Wildman–Crippen LogP) is 5.22. The molecule has 36 heavy (non-hydrogen) atoms. The van der Waals surface area contributed by atoms with Gasteiger partial charge in [-0.15, -0.1) is 0 Å². The van der Waals surface area contributed by atoms with Crippen LogP contribution in [0.25, 0.3) is 21.8 Å². The molecule has 1 atom stereocenters. The molecule has 0 unspecified atom stereocenters. The third-order valence-electron chi connectivity index (χ3n) is 5.63. The van der Waals surface area contributed by atoms with E-state index >= 15 is 0 Å². The molecule has 3 aromatic rings. The lowest BCUT2D eigenvalue weighted by Crippen LogP contribution is -2.29. The topological polar surface area (TPSA) is 112 Å². The highest BCUT2D eigenvalue weighted by Crippen LogP contribution is 2.41. The van der Waals surface area contributed by atoms with Crippen LogP contribution in [0.15, 0.2) is 24.4 Å². The molecule has 0 spiro atoms. The second-order valence-electron chi connectivity index (χ2n) is 10.8. The molecule has 1 aromatic carbocycles. The van der Waals surface area contributed by atoms with Crippen molar-refractivity contribution in [3.8, 4) is 11.5 Å². The van der Waals surface area contributed by atoms with Crippen molar-refractivity contribution < 1.29 is 33.6 Å². The van der Waals surface area contributed by atoms with Gasteiger partial charge in [0.05, 0.1) is 30.1 Å². The Hall–Kier alpha value is -3.69. The molecule has 0 saturated carbocycles. The summed E-state index contributed by atoms with van der Waals surface area (Å²) in [4.78, 5) is 32.1. The van der Waals surface area contributed by atoms with Crippen LogP contribution in [0.3, 0.4) is 0 Å². The van der Waals surface area contributed by atoms with Crippen molar-refractivity contribution in [1.82, 2.24) is 9.55 Å². The van der Waals surface area contributed by atoms with E-state index in [4.69, 9.17) is 18.9 Å². The minimum absolute atomic E-state index is 0.0980. The average molecular weight is 500 g/mol. The number of hydrogen-bond acceptors (Lipinski definition) is 9. The summed E-state index contributed by atoms with van der Waals surface area (Å²) in [5.74, 6) is 0.801. The SMILES string of the molecule is COc1cc2c3c(N4CC[C@H](OC(=O)OC(C)(C)C)C4)nccc3n(C(=O)OC(C)(C)C)c2cc1O. The first-order valence-corrected chi connectivity index (χ1v) is 11.9. The number of hydrogen-bond donors (Lipinski definition) is 1. The molecular formula is C26H33N3O7. The molecule has 1 saturated heterocycles. The zero-order valence-corrected chi connectivity index (χ0v) is 21.7. The van der Waals surface area contributed by atoms with Crippen molar-refractivity contribution >= 4 is 39.9 Å². The number of pyridine rings is 1. The number of rotatable bonds is 3. The van der Waals surface area contributed by atoms with Crippen molar-refractivity contribution in [2.45, 2.75) is 65.3 Å². The number of carbonyl (C=O) groups is 2. The van der Waals surface area contributed by atoms with E-state index in [0.717, 1.165) is 0 Å². The highest BCUT2D eigenvalue weighted by Gasteiger charge is 2.32. The first-order chi connectivity index (χ1) is 16.8. The van der Waals surface area contributed by atoms with E-state index in [1.807, 2.05) is 4.90 Å². The van der Waals surface area contributed by atoms with Gasteiger partial charge < -0.3 is 29.0 Å². The Morgan fingerprint density at radius 2 is 1.75 bits per heavy atom. The van der Waals surface area contributed by atoms with Crippen molar-refractivity contribution in [2.75, 3.05) is 25.1 Å². The third-order valence-corrected chi connectivity index (χ3v) is 5.63. The Bertz CT molecular complexity index is 1320. The molecule has 0 radical (unpaired) electrons. The van der Waals surface area contributed by atoms with Crippen LogP contribution in [0.4, 0.5) is 15.4 Å². The number of ether oxygens (including phenoxy) is 4. The summed E-state index contributed by atoms with van der Waals surface area (Å²) in [5, 5.41) is 11.9. The molecule has 10 heteroatoms. The summed E-state index contributed by atoms with van der Waals surface area (Å²) in [6.07, 6.45) is 0.580. The van der Waals surface area contributed by atoms with Gasteiger partial charge in [-0.1, -0.05) is 0 Å². The first-order valence-electron chi connectivity index (χ1n) is 11.9. The fourth-order valence-electron chi connectivity index (χ4n) is 4.29. The molecule has 10 nitrogen and oxygen atoms in total. The molecule has 2 aromatic heterocycles. The largest absolute Gasteiger partial charge is 0.509 e. The Kier molecular flexibility index (Phi) is 6.40. The fraction of sp³-hybridized carbons (Fsp3) is 0.500. The minimum Gasteiger partial charge on any atom is -0.504 e. The van der Waals surface area contributed by atoms with E-state index in [2.05, 4.69) is 4.98 Å². The van der Waals surface area contributed by atoms with E-state index in [1.54, 1.807) is 59.9 Å². The van der Waals surface area contributed by atoms with Gasteiger partial charge in [0.2, 0.25) is 0 Å². The van der Waals surface area contributed by atoms with E-state index in [0.29, 0.717) is 47.1 Å². The number of methoxy groups -OCH3 is 1. The molecule has 1 aliphatic rings. The second-order valence-corrected chi connectivity index (χ2v) is 10.8. The number of aromatic hydroxyl groups is 1. The summed E-state index contributed by atoms with van der Waals surface area (Å²) >= 11 is 0. The van der Waals surface area contributed by atoms with E-state index in [-0.39, 0.29) is 17.6 Å². The average Bonchev–Trinajstić information content (AvgIpc) is 3.32. The van der Waals surface area contributed by atoms with Gasteiger partial charge in [0.1, 0.15) is 23.1 Å². The van der Waals surface area contributed by atoms with Gasteiger partial charge in [0, 0.05) is 30.6 Å². The van der Waals surface area contributed by atoms with Crippen molar-refractivity contribution in [1.29, 1.82) is 0 Å². The molecule has 1 N–H and O–H groups in total. The summed E-state index contributed by atoms with van der Waals surface area (Å²) in [5.41, 5.74) is -0.316. The third kappa shape index (κ3) is 5.12. The van der Waals surface area contributed by atoms with Gasteiger partial charge in [-0.3, -0.25) is 0 Å². The van der Waals surface area contributed by atoms with Crippen LogP contribution < -0.4 is 9.64 Å². The number of anilines is 1. The van der Waals surface area contributed by atoms with Gasteiger partial charge in [0.15, 0.2) is 11.5 Å². The maximum absolute atomic E-state index is 13.3. The molecule has 1 aliphatic heterocycles. The predicted molar refractivity (Wildman–Crippen MR) is 135 cm³/mol. The van der Waals surface area contributed by atoms with Gasteiger partial charge in [0.25, 0.3) is 0 Å². The van der Waals surface area contributed by atoms with E-state index in [9.17, 15) is 14.7 Å². The van der Waals surface area contributed by atoms with Gasteiger partial charge >= 0.3 is 12.2 Å². The summed E-state index contributed by atoms with van der Waals surface area (Å²) in [7, 11) is 1.46. The molecular weight excluding hydrogens is 466 g/mol. The lowest BCUT2D eigenvalue weighted by molar-refractivity contribution is -0.0226. The maximum Gasteiger partial charge on any atom is 0.509 e. The number of fused-ring (bicyclic) bond motifs is 3. The molecule has 4 rings (SSSR count). The van der Waals surface area contributed by atoms with E-state index < -0.39 is 23.5 Å². The monoisotopic (exact) mass is 499 g/mol. The van der Waals surface area contributed by atoms with Gasteiger partial charge in [-0.2, -0.15) is 0 Å². The Morgan fingerprint density at radius 3 is 2.39 bits per heavy atom. The van der Waals surface area contributed by atoms with Crippen LogP contribution in [0.5, 0.6) is 11.5 Å². The highest BCUT2D eigenvalue weighted by molar-refractivity contribution is 6.17. The minimum atomic E-state index is -0.717. The number of benzene rings is 1. The summed E-state index contributed by atoms with van der Waals surface area (Å²) < 4.78 is 23.3. The van der Waals surface area contributed by atoms with Crippen LogP contribution in [0.1, 0.15) is 48.0 Å². The lowest BCUT2D eigenvalue weighted by Gasteiger charge is -2.22. The molecule has 3 heterocycles. The molecule has 0 aliphatic carbocycles. The molecule has 1 fully saturated rings. The van der Waals surface area contributed by atoms with Gasteiger partial charge in [-0.25, -0.2) is 19.1 Å². The van der Waals surface area contributed by atoms with Crippen LogP contribution in [0, 0.1) is 0 Å². The Balaban J connectivity index is 1.78. The zero-order chi connectivity index (χ0) is 26.4. The molecule has 0 amide bonds. The number of aromatic nitrogens is 2. The summed E-state index contributed by atoms with van der Waals surface area (Å²) in [6.45, 7) is 11.7. The maximum atomic E-state index is 13.3. The van der Waals surface area contributed by atoms with Crippen LogP contribution in [-0.2, 0) is 14.2 Å². The van der Waals surface area contributed by atoms with Crippen LogP contribution in [0.2, 0.25) is 0 Å². The fourth-order valence-corrected chi connectivity index (χ4v) is 4.29. The number of carbonyl (C=O) groups excluding carboxylic acids is 2. The number of phenols is 1. The van der Waals surface area contributed by atoms with Crippen molar-refractivity contribution in [2.24, 2.45) is 0 Å². The quantitative estimate of drug-likeness (QED) is 0.485. The molecule has 0 bridgehead atoms. The zero-order valence-electron chi connectivity index (χ0n) is 21.7. The van der Waals surface area contributed by atoms with Gasteiger partial charge in [-0.05, 0) is 53.7 Å². The van der Waals surface area contributed by atoms with E-state index in [1.165, 1.54) is 17.7 Å². The number of phenolic OH excluding ortho intramolecular Hbond substituents is 1. The van der Waals surface area contributed by atoms with Crippen LogP contribution >= 0.6 is 0 Å². The number of nitrogens with zero attached hydrogens (tertiary/aromatic N) is 3. The smallest absolute Gasteiger partial charge is 0.504 e. The van der Waals surface area contributed by atoms with Crippen LogP contribution in [-0.4, -0.2) is 64.4 Å². The Labute approximate surface area is 209 Å². The summed E-state index contributed by atoms with van der Waals surface area (Å²) in [6, 6.07) is 4.90. The second kappa shape index (κ2) is 9.07. The normalized spacial score (nSPS) is 16.4. The highest BCUT2D eigenvalue weighted by atomic mass is 16.7. The lowest BCUT2D eigenvalue weighted by atomic mass is 10.1. The van der Waals surface area contributed by atoms with Crippen molar-refractivity contribution in [3.05, 3.63) is 24.4 Å². The van der Waals surface area contributed by atoms with Crippen molar-refractivity contribution in [3.63, 3.8) is 0 Å². The Morgan fingerprint density at radius 1 is 1.06 bits per heavy atom. The first kappa shape index (κ1) is 25.4. The molecule has 194 valence electrons. The standard InChI is InChI=1S/C26H33N3O7/c1-25(2,3)35-23(31)29-17-8-10-27-22(21(17)16-12-20(33-7)19(30)13-18(16)29)28-11-9-15(14-28)34-24(32)36-26(4,5)6/h8,10,12-13,15,30H,9,11,14H2,1-7H3/t15-/m0/s1.